The highest BCUT2D eigenvalue weighted by atomic mass is 32.2. The molecule has 3 fully saturated rings. The number of carbonyl (C=O) groups is 1. The first kappa shape index (κ1) is 26.5. The lowest BCUT2D eigenvalue weighted by atomic mass is 9.88. The highest BCUT2D eigenvalue weighted by Gasteiger charge is 2.39. The van der Waals surface area contributed by atoms with Crippen LogP contribution in [0.4, 0.5) is 22.1 Å². The average molecular weight is 553 g/mol. The molecule has 1 aromatic heterocycles. The van der Waals surface area contributed by atoms with E-state index < -0.39 is 5.60 Å². The Balaban J connectivity index is 1.15. The maximum atomic E-state index is 12.5. The zero-order valence-electron chi connectivity index (χ0n) is 23.7. The van der Waals surface area contributed by atoms with E-state index in [0.29, 0.717) is 12.0 Å². The quantitative estimate of drug-likeness (QED) is 0.569. The summed E-state index contributed by atoms with van der Waals surface area (Å²) in [6.07, 6.45) is 2.31. The van der Waals surface area contributed by atoms with Crippen molar-refractivity contribution in [2.24, 2.45) is 0 Å². The lowest BCUT2D eigenvalue weighted by Gasteiger charge is -2.43. The second-order valence-electron chi connectivity index (χ2n) is 12.2. The zero-order valence-corrected chi connectivity index (χ0v) is 24.5. The van der Waals surface area contributed by atoms with Gasteiger partial charge in [-0.05, 0) is 58.2 Å². The Kier molecular flexibility index (Phi) is 7.03. The Morgan fingerprint density at radius 1 is 1.13 bits per heavy atom. The first-order chi connectivity index (χ1) is 18.7. The molecule has 2 unspecified atom stereocenters. The summed E-state index contributed by atoms with van der Waals surface area (Å²) in [4.78, 5) is 28.6. The number of nitrogens with zero attached hydrogens (tertiary/aromatic N) is 5. The molecule has 2 atom stereocenters. The van der Waals surface area contributed by atoms with Crippen molar-refractivity contribution in [3.63, 3.8) is 0 Å². The third kappa shape index (κ3) is 5.37. The number of anilines is 3. The van der Waals surface area contributed by atoms with Crippen LogP contribution in [0.1, 0.15) is 62.8 Å². The molecule has 0 bridgehead atoms. The van der Waals surface area contributed by atoms with E-state index in [0.717, 1.165) is 91.4 Å². The Labute approximate surface area is 235 Å². The van der Waals surface area contributed by atoms with Crippen LogP contribution in [0, 0.1) is 6.92 Å². The monoisotopic (exact) mass is 552 g/mol. The number of hydrogen-bond acceptors (Lipinski definition) is 9. The third-order valence-electron chi connectivity index (χ3n) is 8.14. The molecule has 5 heterocycles. The van der Waals surface area contributed by atoms with Crippen molar-refractivity contribution in [3.05, 3.63) is 35.2 Å². The highest BCUT2D eigenvalue weighted by molar-refractivity contribution is 7.99. The predicted molar refractivity (Wildman–Crippen MR) is 156 cm³/mol. The number of carbonyl (C=O) groups excluding carboxylic acids is 1. The van der Waals surface area contributed by atoms with Gasteiger partial charge in [0.15, 0.2) is 0 Å². The molecule has 0 aliphatic carbocycles. The Morgan fingerprint density at radius 2 is 1.90 bits per heavy atom. The number of nitrogens with one attached hydrogen (secondary N) is 1. The van der Waals surface area contributed by atoms with E-state index >= 15 is 0 Å². The highest BCUT2D eigenvalue weighted by Crippen LogP contribution is 2.45. The summed E-state index contributed by atoms with van der Waals surface area (Å²) in [5.74, 6) is 5.40. The Hall–Kier alpha value is -2.72. The number of rotatable bonds is 3. The van der Waals surface area contributed by atoms with Gasteiger partial charge in [-0.1, -0.05) is 6.07 Å². The predicted octanol–water partition coefficient (Wildman–Crippen LogP) is 4.94. The topological polar surface area (TPSA) is 83.1 Å². The second kappa shape index (κ2) is 10.4. The molecule has 4 aliphatic heterocycles. The van der Waals surface area contributed by atoms with Crippen molar-refractivity contribution in [1.82, 2.24) is 19.8 Å². The molecular formula is C29H40N6O3S. The van der Waals surface area contributed by atoms with E-state index in [1.807, 2.05) is 37.4 Å². The maximum absolute atomic E-state index is 12.5. The minimum atomic E-state index is -0.462. The van der Waals surface area contributed by atoms with Crippen LogP contribution < -0.4 is 15.0 Å². The van der Waals surface area contributed by atoms with Crippen LogP contribution in [0.25, 0.3) is 0 Å². The number of likely N-dealkylation sites (tertiary alicyclic amines) is 2. The van der Waals surface area contributed by atoms with Crippen molar-refractivity contribution < 1.29 is 14.3 Å². The van der Waals surface area contributed by atoms with Gasteiger partial charge in [0.1, 0.15) is 35.4 Å². The number of thioether (sulfide) groups is 1. The van der Waals surface area contributed by atoms with Gasteiger partial charge in [0.25, 0.3) is 0 Å². The molecular weight excluding hydrogens is 512 g/mol. The fraction of sp³-hybridized carbons (Fsp3) is 0.621. The number of aryl methyl sites for hydroxylation is 1. The Morgan fingerprint density at radius 3 is 2.64 bits per heavy atom. The van der Waals surface area contributed by atoms with Gasteiger partial charge in [0.05, 0.1) is 11.3 Å². The van der Waals surface area contributed by atoms with Crippen LogP contribution >= 0.6 is 11.8 Å². The molecule has 0 spiro atoms. The van der Waals surface area contributed by atoms with E-state index in [-0.39, 0.29) is 12.2 Å². The molecule has 0 radical (unpaired) electrons. The summed E-state index contributed by atoms with van der Waals surface area (Å²) < 4.78 is 12.1. The van der Waals surface area contributed by atoms with Crippen molar-refractivity contribution in [2.75, 3.05) is 61.0 Å². The van der Waals surface area contributed by atoms with Crippen LogP contribution in [-0.4, -0.2) is 88.3 Å². The number of fused-ring (bicyclic) bond motifs is 2. The van der Waals surface area contributed by atoms with Gasteiger partial charge in [0.2, 0.25) is 0 Å². The summed E-state index contributed by atoms with van der Waals surface area (Å²) in [7, 11) is 0. The van der Waals surface area contributed by atoms with Crippen molar-refractivity contribution in [1.29, 1.82) is 0 Å². The van der Waals surface area contributed by atoms with Crippen LogP contribution in [0.2, 0.25) is 0 Å². The largest absolute Gasteiger partial charge is 0.483 e. The summed E-state index contributed by atoms with van der Waals surface area (Å²) >= 11 is 1.99. The van der Waals surface area contributed by atoms with Crippen LogP contribution in [0.15, 0.2) is 18.5 Å². The van der Waals surface area contributed by atoms with Crippen molar-refractivity contribution in [2.45, 2.75) is 64.7 Å². The zero-order chi connectivity index (χ0) is 27.3. The van der Waals surface area contributed by atoms with Gasteiger partial charge >= 0.3 is 6.09 Å². The number of hydrogen-bond donors (Lipinski definition) is 1. The molecule has 3 saturated heterocycles. The smallest absolute Gasteiger partial charge is 0.410 e. The number of amides is 1. The first-order valence-electron chi connectivity index (χ1n) is 14.1. The number of aromatic nitrogens is 2. The molecule has 39 heavy (non-hydrogen) atoms. The minimum absolute atomic E-state index is 0.154. The summed E-state index contributed by atoms with van der Waals surface area (Å²) in [6, 6.07) is 4.92. The molecule has 1 amide bonds. The second-order valence-corrected chi connectivity index (χ2v) is 13.4. The summed E-state index contributed by atoms with van der Waals surface area (Å²) in [5.41, 5.74) is 4.00. The van der Waals surface area contributed by atoms with E-state index in [1.54, 1.807) is 6.33 Å². The minimum Gasteiger partial charge on any atom is -0.483 e. The lowest BCUT2D eigenvalue weighted by molar-refractivity contribution is 0.0260. The van der Waals surface area contributed by atoms with Gasteiger partial charge in [-0.2, -0.15) is 11.8 Å². The van der Waals surface area contributed by atoms with Crippen LogP contribution in [-0.2, 0) is 4.74 Å². The first-order valence-corrected chi connectivity index (χ1v) is 15.3. The fourth-order valence-electron chi connectivity index (χ4n) is 6.09. The van der Waals surface area contributed by atoms with Crippen LogP contribution in [0.3, 0.4) is 0 Å². The molecule has 2 aromatic rings. The van der Waals surface area contributed by atoms with E-state index in [9.17, 15) is 4.79 Å². The Bertz CT molecular complexity index is 1240. The standard InChI is InChI=1S/C29H40N6O3S/c1-18-12-20(21-14-35(15-21)22-6-7-34(16-22)28(36)38-29(3,4)5)13-23-25(18)37-19(2)24-26(32-23)30-17-31-27(24)33-8-10-39-11-9-33/h12-13,17,19,21-22H,6-11,14-16H2,1-5H3,(H,30,31,32). The maximum Gasteiger partial charge on any atom is 0.410 e. The summed E-state index contributed by atoms with van der Waals surface area (Å²) in [6.45, 7) is 15.5. The van der Waals surface area contributed by atoms with E-state index in [2.05, 4.69) is 51.1 Å². The van der Waals surface area contributed by atoms with Crippen LogP contribution in [0.5, 0.6) is 5.75 Å². The average Bonchev–Trinajstić information content (AvgIpc) is 3.29. The molecule has 10 heteroatoms. The summed E-state index contributed by atoms with van der Waals surface area (Å²) in [5, 5.41) is 3.62. The van der Waals surface area contributed by atoms with Gasteiger partial charge in [0, 0.05) is 62.7 Å². The third-order valence-corrected chi connectivity index (χ3v) is 9.08. The normalized spacial score (nSPS) is 23.7. The molecule has 9 nitrogen and oxygen atoms in total. The molecule has 4 aliphatic rings. The lowest BCUT2D eigenvalue weighted by Crippen LogP contribution is -2.52. The molecule has 210 valence electrons. The van der Waals surface area contributed by atoms with Gasteiger partial charge in [-0.15, -0.1) is 0 Å². The van der Waals surface area contributed by atoms with Crippen molar-refractivity contribution >= 4 is 35.2 Å². The van der Waals surface area contributed by atoms with E-state index in [1.165, 1.54) is 5.56 Å². The SMILES string of the molecule is Cc1cc(C2CN(C3CCN(C(=O)OC(C)(C)C)C3)C2)cc2c1OC(C)c1c(ncnc1N1CCSCC1)N2. The molecule has 1 aromatic carbocycles. The van der Waals surface area contributed by atoms with Gasteiger partial charge in [-0.25, -0.2) is 14.8 Å². The fourth-order valence-corrected chi connectivity index (χ4v) is 6.99. The number of ether oxygens (including phenoxy) is 2. The van der Waals surface area contributed by atoms with Gasteiger partial charge < -0.3 is 24.6 Å². The van der Waals surface area contributed by atoms with Gasteiger partial charge in [-0.3, -0.25) is 4.90 Å². The van der Waals surface area contributed by atoms with Crippen molar-refractivity contribution in [3.8, 4) is 5.75 Å². The van der Waals surface area contributed by atoms with E-state index in [4.69, 9.17) is 9.47 Å². The molecule has 1 N–H and O–H groups in total. The molecule has 6 rings (SSSR count). The number of benzene rings is 1. The molecule has 0 saturated carbocycles.